The number of rotatable bonds is 27. The Morgan fingerprint density at radius 1 is 0.750 bits per heavy atom. The molecule has 0 spiro atoms. The summed E-state index contributed by atoms with van der Waals surface area (Å²) in [6, 6.07) is -0.632. The SMILES string of the molecule is CCCCCCCCCCCCCCCCCCNC(=O)OCC(CNS(=O)(=O)CCC[N+](C)(C)C)NC(C)=O. The number of amides is 2. The van der Waals surface area contributed by atoms with Crippen LogP contribution in [0, 0.1) is 0 Å². The van der Waals surface area contributed by atoms with Gasteiger partial charge in [-0.05, 0) is 6.42 Å². The average molecular weight is 592 g/mol. The molecule has 0 saturated carbocycles. The summed E-state index contributed by atoms with van der Waals surface area (Å²) in [6.07, 6.45) is 20.8. The lowest BCUT2D eigenvalue weighted by molar-refractivity contribution is -0.870. The third-order valence-corrected chi connectivity index (χ3v) is 8.35. The predicted molar refractivity (Wildman–Crippen MR) is 166 cm³/mol. The normalized spacial score (nSPS) is 12.7. The maximum atomic E-state index is 12.3. The van der Waals surface area contributed by atoms with Crippen LogP contribution in [0.15, 0.2) is 0 Å². The number of sulfonamides is 1. The van der Waals surface area contributed by atoms with E-state index in [9.17, 15) is 18.0 Å². The van der Waals surface area contributed by atoms with Crippen LogP contribution in [0.2, 0.25) is 0 Å². The third kappa shape index (κ3) is 28.1. The Morgan fingerprint density at radius 3 is 1.68 bits per heavy atom. The zero-order valence-corrected chi connectivity index (χ0v) is 27.3. The van der Waals surface area contributed by atoms with Crippen molar-refractivity contribution in [3.63, 3.8) is 0 Å². The topological polar surface area (TPSA) is 114 Å². The number of carbonyl (C=O) groups excluding carboxylic acids is 2. The van der Waals surface area contributed by atoms with Gasteiger partial charge in [-0.3, -0.25) is 4.79 Å². The molecule has 0 aliphatic carbocycles. The number of nitrogens with zero attached hydrogens (tertiary/aromatic N) is 1. The molecule has 2 amide bonds. The second-order valence-electron chi connectivity index (χ2n) is 12.3. The number of unbranched alkanes of at least 4 members (excludes halogenated alkanes) is 15. The molecule has 9 nitrogen and oxygen atoms in total. The first kappa shape index (κ1) is 38.6. The monoisotopic (exact) mass is 591 g/mol. The summed E-state index contributed by atoms with van der Waals surface area (Å²) < 4.78 is 33.0. The molecule has 0 aromatic rings. The fraction of sp³-hybridized carbons (Fsp3) is 0.933. The zero-order chi connectivity index (χ0) is 30.1. The van der Waals surface area contributed by atoms with Crippen molar-refractivity contribution >= 4 is 22.0 Å². The Hall–Kier alpha value is -1.39. The molecule has 10 heteroatoms. The summed E-state index contributed by atoms with van der Waals surface area (Å²) in [5.74, 6) is -0.304. The molecule has 0 aromatic heterocycles. The number of carbonyl (C=O) groups is 2. The molecule has 0 fully saturated rings. The van der Waals surface area contributed by atoms with Crippen LogP contribution in [0.5, 0.6) is 0 Å². The van der Waals surface area contributed by atoms with E-state index in [0.29, 0.717) is 17.4 Å². The molecular formula is C30H63N4O5S+. The molecule has 0 rings (SSSR count). The Labute approximate surface area is 246 Å². The number of hydrogen-bond acceptors (Lipinski definition) is 5. The van der Waals surface area contributed by atoms with Crippen molar-refractivity contribution < 1.29 is 27.2 Å². The fourth-order valence-electron chi connectivity index (χ4n) is 4.56. The van der Waals surface area contributed by atoms with Gasteiger partial charge in [0.05, 0.1) is 39.5 Å². The van der Waals surface area contributed by atoms with Crippen LogP contribution in [0.3, 0.4) is 0 Å². The first-order valence-electron chi connectivity index (χ1n) is 15.9. The fourth-order valence-corrected chi connectivity index (χ4v) is 5.67. The van der Waals surface area contributed by atoms with E-state index in [1.165, 1.54) is 96.8 Å². The van der Waals surface area contributed by atoms with Crippen molar-refractivity contribution in [1.29, 1.82) is 0 Å². The van der Waals surface area contributed by atoms with Crippen LogP contribution in [-0.2, 0) is 19.6 Å². The molecule has 0 aromatic carbocycles. The highest BCUT2D eigenvalue weighted by Crippen LogP contribution is 2.13. The van der Waals surface area contributed by atoms with Crippen molar-refractivity contribution in [2.24, 2.45) is 0 Å². The van der Waals surface area contributed by atoms with E-state index in [2.05, 4.69) is 22.3 Å². The Kier molecular flexibility index (Phi) is 23.4. The van der Waals surface area contributed by atoms with Crippen molar-refractivity contribution in [2.75, 3.05) is 53.1 Å². The van der Waals surface area contributed by atoms with E-state index in [1.54, 1.807) is 0 Å². The largest absolute Gasteiger partial charge is 0.447 e. The van der Waals surface area contributed by atoms with Gasteiger partial charge in [-0.25, -0.2) is 17.9 Å². The van der Waals surface area contributed by atoms with Crippen molar-refractivity contribution in [3.05, 3.63) is 0 Å². The van der Waals surface area contributed by atoms with Crippen molar-refractivity contribution in [3.8, 4) is 0 Å². The summed E-state index contributed by atoms with van der Waals surface area (Å²) in [4.78, 5) is 23.5. The summed E-state index contributed by atoms with van der Waals surface area (Å²) in [5.41, 5.74) is 0. The lowest BCUT2D eigenvalue weighted by Gasteiger charge is -2.23. The smallest absolute Gasteiger partial charge is 0.407 e. The number of quaternary nitrogens is 1. The molecule has 1 unspecified atom stereocenters. The first-order valence-corrected chi connectivity index (χ1v) is 17.6. The van der Waals surface area contributed by atoms with Gasteiger partial charge in [0, 0.05) is 26.4 Å². The van der Waals surface area contributed by atoms with Gasteiger partial charge in [0.1, 0.15) is 6.61 Å². The van der Waals surface area contributed by atoms with E-state index < -0.39 is 22.2 Å². The molecule has 0 heterocycles. The second kappa shape index (κ2) is 24.2. The zero-order valence-electron chi connectivity index (χ0n) is 26.5. The molecule has 0 saturated heterocycles. The van der Waals surface area contributed by atoms with E-state index in [1.807, 2.05) is 21.1 Å². The van der Waals surface area contributed by atoms with Gasteiger partial charge in [-0.15, -0.1) is 0 Å². The van der Waals surface area contributed by atoms with Crippen LogP contribution in [0.25, 0.3) is 0 Å². The molecule has 238 valence electrons. The molecule has 0 aliphatic heterocycles. The molecule has 0 aliphatic rings. The van der Waals surface area contributed by atoms with E-state index >= 15 is 0 Å². The van der Waals surface area contributed by atoms with Gasteiger partial charge in [-0.1, -0.05) is 103 Å². The molecule has 40 heavy (non-hydrogen) atoms. The second-order valence-corrected chi connectivity index (χ2v) is 14.2. The van der Waals surface area contributed by atoms with E-state index in [0.717, 1.165) is 19.4 Å². The maximum absolute atomic E-state index is 12.3. The lowest BCUT2D eigenvalue weighted by atomic mass is 10.0. The van der Waals surface area contributed by atoms with Gasteiger partial charge in [0.15, 0.2) is 0 Å². The maximum Gasteiger partial charge on any atom is 0.407 e. The molecular weight excluding hydrogens is 528 g/mol. The van der Waals surface area contributed by atoms with E-state index in [-0.39, 0.29) is 24.8 Å². The van der Waals surface area contributed by atoms with Crippen LogP contribution in [0.1, 0.15) is 123 Å². The van der Waals surface area contributed by atoms with Crippen molar-refractivity contribution in [1.82, 2.24) is 15.4 Å². The Balaban J connectivity index is 3.81. The van der Waals surface area contributed by atoms with Gasteiger partial charge in [-0.2, -0.15) is 0 Å². The minimum Gasteiger partial charge on any atom is -0.447 e. The number of nitrogens with one attached hydrogen (secondary N) is 3. The highest BCUT2D eigenvalue weighted by Gasteiger charge is 2.18. The summed E-state index contributed by atoms with van der Waals surface area (Å²) in [5, 5.41) is 5.38. The minimum atomic E-state index is -3.48. The molecule has 1 atom stereocenters. The quantitative estimate of drug-likeness (QED) is 0.0863. The minimum absolute atomic E-state index is 0.00988. The average Bonchev–Trinajstić information content (AvgIpc) is 2.86. The van der Waals surface area contributed by atoms with Crippen LogP contribution in [0.4, 0.5) is 4.79 Å². The van der Waals surface area contributed by atoms with Gasteiger partial charge < -0.3 is 19.9 Å². The summed E-state index contributed by atoms with van der Waals surface area (Å²) >= 11 is 0. The van der Waals surface area contributed by atoms with Crippen LogP contribution < -0.4 is 15.4 Å². The van der Waals surface area contributed by atoms with Crippen LogP contribution >= 0.6 is 0 Å². The summed E-state index contributed by atoms with van der Waals surface area (Å²) in [6.45, 7) is 4.76. The van der Waals surface area contributed by atoms with Gasteiger partial charge in [0.25, 0.3) is 0 Å². The van der Waals surface area contributed by atoms with Crippen LogP contribution in [-0.4, -0.2) is 84.1 Å². The number of hydrogen-bond donors (Lipinski definition) is 3. The Morgan fingerprint density at radius 2 is 1.23 bits per heavy atom. The summed E-state index contributed by atoms with van der Waals surface area (Å²) in [7, 11) is 2.55. The van der Waals surface area contributed by atoms with Crippen molar-refractivity contribution in [2.45, 2.75) is 129 Å². The number of alkyl carbamates (subject to hydrolysis) is 1. The third-order valence-electron chi connectivity index (χ3n) is 6.91. The highest BCUT2D eigenvalue weighted by molar-refractivity contribution is 7.89. The molecule has 0 radical (unpaired) electrons. The van der Waals surface area contributed by atoms with Gasteiger partial charge in [0.2, 0.25) is 15.9 Å². The van der Waals surface area contributed by atoms with E-state index in [4.69, 9.17) is 4.74 Å². The predicted octanol–water partition coefficient (Wildman–Crippen LogP) is 5.49. The van der Waals surface area contributed by atoms with Gasteiger partial charge >= 0.3 is 6.09 Å². The highest BCUT2D eigenvalue weighted by atomic mass is 32.2. The lowest BCUT2D eigenvalue weighted by Crippen LogP contribution is -2.47. The standard InChI is InChI=1S/C30H62N4O5S/c1-6-7-8-9-10-11-12-13-14-15-16-17-18-19-20-21-23-31-30(36)39-27-29(33-28(2)35)26-32-40(37,38)25-22-24-34(3,4)5/h29,32H,6-27H2,1-5H3,(H-,31,33,35,36)/p+1. The number of ether oxygens (including phenoxy) is 1. The molecule has 0 bridgehead atoms. The molecule has 3 N–H and O–H groups in total. The Bertz CT molecular complexity index is 741. The first-order chi connectivity index (χ1) is 18.9.